The molecule has 3 aromatic rings. The maximum atomic E-state index is 13.4. The molecular formula is C23H27N5O2S. The second kappa shape index (κ2) is 9.43. The molecule has 2 aromatic carbocycles. The van der Waals surface area contributed by atoms with Crippen LogP contribution in [-0.4, -0.2) is 33.1 Å². The van der Waals surface area contributed by atoms with Crippen LogP contribution in [-0.2, 0) is 17.6 Å². The third-order valence-electron chi connectivity index (χ3n) is 5.35. The molecule has 31 heavy (non-hydrogen) atoms. The van der Waals surface area contributed by atoms with Crippen LogP contribution in [0.25, 0.3) is 0 Å². The molecule has 0 saturated carbocycles. The zero-order valence-corrected chi connectivity index (χ0v) is 18.8. The molecule has 7 nitrogen and oxygen atoms in total. The summed E-state index contributed by atoms with van der Waals surface area (Å²) in [5.41, 5.74) is 6.47. The van der Waals surface area contributed by atoms with Gasteiger partial charge in [-0.25, -0.2) is 4.68 Å². The van der Waals surface area contributed by atoms with Crippen molar-refractivity contribution in [3.63, 3.8) is 0 Å². The number of aromatic nitrogens is 3. The first-order valence-corrected chi connectivity index (χ1v) is 11.4. The van der Waals surface area contributed by atoms with Crippen LogP contribution in [0.2, 0.25) is 0 Å². The Labute approximate surface area is 186 Å². The van der Waals surface area contributed by atoms with Crippen LogP contribution in [0.4, 0.5) is 5.69 Å². The normalized spacial score (nSPS) is 17.5. The third-order valence-corrected chi connectivity index (χ3v) is 6.56. The summed E-state index contributed by atoms with van der Waals surface area (Å²) in [4.78, 5) is 13.4. The van der Waals surface area contributed by atoms with Crippen molar-refractivity contribution >= 4 is 23.4 Å². The van der Waals surface area contributed by atoms with Crippen molar-refractivity contribution < 1.29 is 9.53 Å². The lowest BCUT2D eigenvalue weighted by molar-refractivity contribution is -0.116. The third kappa shape index (κ3) is 4.39. The number of hydrogen-bond acceptors (Lipinski definition) is 6. The molecule has 0 bridgehead atoms. The molecule has 0 aliphatic carbocycles. The van der Waals surface area contributed by atoms with Gasteiger partial charge in [-0.3, -0.25) is 4.79 Å². The highest BCUT2D eigenvalue weighted by Crippen LogP contribution is 2.38. The van der Waals surface area contributed by atoms with Crippen LogP contribution in [0.3, 0.4) is 0 Å². The number of nitrogens with one attached hydrogen (secondary N) is 2. The molecule has 1 aromatic heterocycles. The minimum absolute atomic E-state index is 0.113. The van der Waals surface area contributed by atoms with E-state index in [1.165, 1.54) is 17.3 Å². The molecule has 4 rings (SSSR count). The predicted molar refractivity (Wildman–Crippen MR) is 123 cm³/mol. The maximum absolute atomic E-state index is 13.4. The molecular weight excluding hydrogens is 410 g/mol. The summed E-state index contributed by atoms with van der Waals surface area (Å²) in [5.74, 6) is 1.39. The highest BCUT2D eigenvalue weighted by molar-refractivity contribution is 8.00. The number of para-hydroxylation sites is 2. The van der Waals surface area contributed by atoms with Gasteiger partial charge in [0.25, 0.3) is 0 Å². The predicted octanol–water partition coefficient (Wildman–Crippen LogP) is 4.20. The van der Waals surface area contributed by atoms with Crippen molar-refractivity contribution in [1.82, 2.24) is 14.9 Å². The number of thioether (sulfide) groups is 1. The zero-order chi connectivity index (χ0) is 21.8. The van der Waals surface area contributed by atoms with Crippen LogP contribution in [0.1, 0.15) is 43.3 Å². The summed E-state index contributed by atoms with van der Waals surface area (Å²) >= 11 is 1.43. The summed E-state index contributed by atoms with van der Waals surface area (Å²) in [6.45, 7) is 4.25. The first-order chi connectivity index (χ1) is 15.1. The fraction of sp³-hybridized carbons (Fsp3) is 0.348. The van der Waals surface area contributed by atoms with Crippen molar-refractivity contribution in [3.05, 3.63) is 65.5 Å². The quantitative estimate of drug-likeness (QED) is 0.577. The van der Waals surface area contributed by atoms with Crippen LogP contribution in [0.15, 0.2) is 53.7 Å². The van der Waals surface area contributed by atoms with Crippen molar-refractivity contribution in [2.75, 3.05) is 17.9 Å². The minimum atomic E-state index is -0.427. The largest absolute Gasteiger partial charge is 0.495 e. The van der Waals surface area contributed by atoms with E-state index in [2.05, 4.69) is 59.1 Å². The maximum Gasteiger partial charge on any atom is 0.240 e. The van der Waals surface area contributed by atoms with Gasteiger partial charge in [0.15, 0.2) is 5.82 Å². The van der Waals surface area contributed by atoms with E-state index in [0.717, 1.165) is 30.7 Å². The molecule has 1 amide bonds. The van der Waals surface area contributed by atoms with Gasteiger partial charge in [0.1, 0.15) is 11.0 Å². The van der Waals surface area contributed by atoms with Gasteiger partial charge in [0.2, 0.25) is 11.1 Å². The Bertz CT molecular complexity index is 1050. The standard InChI is InChI=1S/C23H27N5O2S/c1-4-8-19-25-26-23-28(19)27-20(16-13-11-15(5-2)12-14-16)21(31-23)22(29)24-17-9-6-7-10-18(17)30-3/h6-7,9-14,20-21,27H,4-5,8H2,1-3H3,(H,24,29)/t20-,21-/m1/s1. The number of benzene rings is 2. The summed E-state index contributed by atoms with van der Waals surface area (Å²) in [6.07, 6.45) is 2.76. The fourth-order valence-electron chi connectivity index (χ4n) is 3.65. The van der Waals surface area contributed by atoms with Gasteiger partial charge in [-0.2, -0.15) is 0 Å². The highest BCUT2D eigenvalue weighted by atomic mass is 32.2. The number of aryl methyl sites for hydroxylation is 2. The molecule has 1 aliphatic heterocycles. The van der Waals surface area contributed by atoms with E-state index in [9.17, 15) is 4.79 Å². The number of hydrogen-bond donors (Lipinski definition) is 2. The van der Waals surface area contributed by atoms with Crippen LogP contribution in [0.5, 0.6) is 5.75 Å². The number of carbonyl (C=O) groups excluding carboxylic acids is 1. The van der Waals surface area contributed by atoms with Crippen molar-refractivity contribution in [2.24, 2.45) is 0 Å². The smallest absolute Gasteiger partial charge is 0.240 e. The molecule has 0 fully saturated rings. The van der Waals surface area contributed by atoms with E-state index in [-0.39, 0.29) is 11.9 Å². The summed E-state index contributed by atoms with van der Waals surface area (Å²) in [5, 5.41) is 11.9. The van der Waals surface area contributed by atoms with E-state index in [4.69, 9.17) is 4.74 Å². The van der Waals surface area contributed by atoms with Gasteiger partial charge in [-0.1, -0.05) is 62.0 Å². The first kappa shape index (κ1) is 21.2. The lowest BCUT2D eigenvalue weighted by Gasteiger charge is -2.33. The number of fused-ring (bicyclic) bond motifs is 1. The van der Waals surface area contributed by atoms with E-state index in [0.29, 0.717) is 16.6 Å². The Morgan fingerprint density at radius 2 is 1.94 bits per heavy atom. The monoisotopic (exact) mass is 437 g/mol. The molecule has 1 aliphatic rings. The number of rotatable bonds is 7. The second-order valence-corrected chi connectivity index (χ2v) is 8.52. The van der Waals surface area contributed by atoms with Gasteiger partial charge in [0, 0.05) is 6.42 Å². The molecule has 0 radical (unpaired) electrons. The number of methoxy groups -OCH3 is 1. The molecule has 8 heteroatoms. The zero-order valence-electron chi connectivity index (χ0n) is 18.0. The number of nitrogens with zero attached hydrogens (tertiary/aromatic N) is 3. The van der Waals surface area contributed by atoms with Crippen molar-refractivity contribution in [1.29, 1.82) is 0 Å². The van der Waals surface area contributed by atoms with Gasteiger partial charge >= 0.3 is 0 Å². The molecule has 2 atom stereocenters. The van der Waals surface area contributed by atoms with E-state index < -0.39 is 5.25 Å². The topological polar surface area (TPSA) is 81.1 Å². The Kier molecular flexibility index (Phi) is 6.46. The van der Waals surface area contributed by atoms with Gasteiger partial charge < -0.3 is 15.5 Å². The SMILES string of the molecule is CCCc1nnc2n1N[C@H](c1ccc(CC)cc1)[C@H](C(=O)Nc1ccccc1OC)S2. The van der Waals surface area contributed by atoms with E-state index >= 15 is 0 Å². The molecule has 0 unspecified atom stereocenters. The van der Waals surface area contributed by atoms with Gasteiger partial charge in [0.05, 0.1) is 18.8 Å². The first-order valence-electron chi connectivity index (χ1n) is 10.5. The summed E-state index contributed by atoms with van der Waals surface area (Å²) in [6, 6.07) is 15.6. The van der Waals surface area contributed by atoms with E-state index in [1.54, 1.807) is 7.11 Å². The lowest BCUT2D eigenvalue weighted by Crippen LogP contribution is -2.41. The molecule has 0 spiro atoms. The minimum Gasteiger partial charge on any atom is -0.495 e. The number of amides is 1. The molecule has 2 N–H and O–H groups in total. The fourth-order valence-corrected chi connectivity index (χ4v) is 4.75. The van der Waals surface area contributed by atoms with Crippen molar-refractivity contribution in [3.8, 4) is 5.75 Å². The average molecular weight is 438 g/mol. The van der Waals surface area contributed by atoms with Crippen LogP contribution in [0, 0.1) is 0 Å². The number of carbonyl (C=O) groups is 1. The molecule has 2 heterocycles. The number of anilines is 1. The number of ether oxygens (including phenoxy) is 1. The Morgan fingerprint density at radius 3 is 2.65 bits per heavy atom. The average Bonchev–Trinajstić information content (AvgIpc) is 3.20. The molecule has 0 saturated heterocycles. The Balaban J connectivity index is 1.67. The van der Waals surface area contributed by atoms with Crippen LogP contribution < -0.4 is 15.5 Å². The second-order valence-electron chi connectivity index (χ2n) is 7.41. The Morgan fingerprint density at radius 1 is 1.16 bits per heavy atom. The summed E-state index contributed by atoms with van der Waals surface area (Å²) < 4.78 is 7.32. The van der Waals surface area contributed by atoms with Gasteiger partial charge in [-0.15, -0.1) is 10.2 Å². The van der Waals surface area contributed by atoms with Crippen LogP contribution >= 0.6 is 11.8 Å². The Hall–Kier alpha value is -3.00. The molecule has 162 valence electrons. The van der Waals surface area contributed by atoms with Gasteiger partial charge in [-0.05, 0) is 36.1 Å². The summed E-state index contributed by atoms with van der Waals surface area (Å²) in [7, 11) is 1.59. The van der Waals surface area contributed by atoms with E-state index in [1.807, 2.05) is 28.9 Å². The van der Waals surface area contributed by atoms with Crippen molar-refractivity contribution in [2.45, 2.75) is 49.6 Å². The highest BCUT2D eigenvalue weighted by Gasteiger charge is 2.38. The lowest BCUT2D eigenvalue weighted by atomic mass is 10.0.